The molecule has 0 unspecified atom stereocenters. The molecule has 1 aromatic carbocycles. The molecule has 0 bridgehead atoms. The maximum Gasteiger partial charge on any atom is 0.153 e. The molecule has 3 nitrogen and oxygen atoms in total. The third-order valence-corrected chi connectivity index (χ3v) is 2.68. The average Bonchev–Trinajstić information content (AvgIpc) is 2.73. The van der Waals surface area contributed by atoms with Crippen molar-refractivity contribution in [1.82, 2.24) is 9.78 Å². The van der Waals surface area contributed by atoms with E-state index >= 15 is 0 Å². The molecule has 0 atom stereocenters. The molecule has 0 spiro atoms. The summed E-state index contributed by atoms with van der Waals surface area (Å²) in [7, 11) is 0. The van der Waals surface area contributed by atoms with E-state index in [0.717, 1.165) is 6.29 Å². The van der Waals surface area contributed by atoms with Gasteiger partial charge in [-0.2, -0.15) is 5.10 Å². The van der Waals surface area contributed by atoms with Crippen molar-refractivity contribution in [3.8, 4) is 5.69 Å². The van der Waals surface area contributed by atoms with Crippen LogP contribution in [0.5, 0.6) is 0 Å². The Labute approximate surface area is 105 Å². The summed E-state index contributed by atoms with van der Waals surface area (Å²) in [5.74, 6) is -0.363. The summed E-state index contributed by atoms with van der Waals surface area (Å²) in [5, 5.41) is 4.33. The van der Waals surface area contributed by atoms with E-state index in [1.54, 1.807) is 24.4 Å². The van der Waals surface area contributed by atoms with Gasteiger partial charge in [-0.25, -0.2) is 9.07 Å². The van der Waals surface area contributed by atoms with E-state index in [2.05, 4.69) is 5.10 Å². The summed E-state index contributed by atoms with van der Waals surface area (Å²) in [6.45, 7) is 5.90. The lowest BCUT2D eigenvalue weighted by atomic mass is 9.90. The van der Waals surface area contributed by atoms with Gasteiger partial charge in [-0.3, -0.25) is 4.79 Å². The van der Waals surface area contributed by atoms with Crippen LogP contribution in [0.25, 0.3) is 5.69 Å². The quantitative estimate of drug-likeness (QED) is 0.763. The fraction of sp³-hybridized carbons (Fsp3) is 0.286. The van der Waals surface area contributed by atoms with Gasteiger partial charge < -0.3 is 0 Å². The first kappa shape index (κ1) is 12.5. The molecule has 1 aromatic heterocycles. The topological polar surface area (TPSA) is 34.9 Å². The lowest BCUT2D eigenvalue weighted by molar-refractivity contribution is 0.112. The summed E-state index contributed by atoms with van der Waals surface area (Å²) in [6, 6.07) is 6.35. The predicted octanol–water partition coefficient (Wildman–Crippen LogP) is 3.12. The van der Waals surface area contributed by atoms with Gasteiger partial charge in [-0.1, -0.05) is 32.9 Å². The molecule has 0 fully saturated rings. The number of halogens is 1. The molecule has 1 heterocycles. The first-order valence-corrected chi connectivity index (χ1v) is 5.73. The summed E-state index contributed by atoms with van der Waals surface area (Å²) in [6.07, 6.45) is 2.32. The summed E-state index contributed by atoms with van der Waals surface area (Å²) in [5.41, 5.74) is 1.25. The van der Waals surface area contributed by atoms with E-state index in [9.17, 15) is 9.18 Å². The van der Waals surface area contributed by atoms with Gasteiger partial charge in [0.05, 0.1) is 11.3 Å². The Morgan fingerprint density at radius 1 is 1.28 bits per heavy atom. The highest BCUT2D eigenvalue weighted by atomic mass is 19.1. The molecule has 0 saturated heterocycles. The summed E-state index contributed by atoms with van der Waals surface area (Å²) in [4.78, 5) is 11.1. The van der Waals surface area contributed by atoms with E-state index in [1.807, 2.05) is 20.8 Å². The van der Waals surface area contributed by atoms with Crippen molar-refractivity contribution < 1.29 is 9.18 Å². The maximum absolute atomic E-state index is 13.7. The molecule has 0 radical (unpaired) electrons. The van der Waals surface area contributed by atoms with Gasteiger partial charge in [0.2, 0.25) is 0 Å². The highest BCUT2D eigenvalue weighted by molar-refractivity contribution is 5.77. The SMILES string of the molecule is CC(C)(C)c1nn(-c2ccccc2F)cc1C=O. The molecule has 94 valence electrons. The van der Waals surface area contributed by atoms with Crippen molar-refractivity contribution in [3.63, 3.8) is 0 Å². The van der Waals surface area contributed by atoms with Gasteiger partial charge in [-0.05, 0) is 12.1 Å². The van der Waals surface area contributed by atoms with Gasteiger partial charge in [0.1, 0.15) is 11.5 Å². The van der Waals surface area contributed by atoms with Crippen LogP contribution < -0.4 is 0 Å². The van der Waals surface area contributed by atoms with E-state index in [4.69, 9.17) is 0 Å². The monoisotopic (exact) mass is 246 g/mol. The second-order valence-corrected chi connectivity index (χ2v) is 5.20. The molecule has 0 aliphatic carbocycles. The van der Waals surface area contributed by atoms with Crippen molar-refractivity contribution in [3.05, 3.63) is 47.5 Å². The molecule has 0 aliphatic rings. The minimum atomic E-state index is -0.363. The normalized spacial score (nSPS) is 11.6. The fourth-order valence-electron chi connectivity index (χ4n) is 1.82. The first-order valence-electron chi connectivity index (χ1n) is 5.73. The molecule has 0 N–H and O–H groups in total. The number of carbonyl (C=O) groups excluding carboxylic acids is 1. The van der Waals surface area contributed by atoms with Gasteiger partial charge in [0.25, 0.3) is 0 Å². The highest BCUT2D eigenvalue weighted by Crippen LogP contribution is 2.25. The third kappa shape index (κ3) is 2.18. The summed E-state index contributed by atoms with van der Waals surface area (Å²) < 4.78 is 15.1. The lowest BCUT2D eigenvalue weighted by Crippen LogP contribution is -2.14. The Morgan fingerprint density at radius 3 is 2.44 bits per heavy atom. The number of hydrogen-bond donors (Lipinski definition) is 0. The van der Waals surface area contributed by atoms with Crippen molar-refractivity contribution in [2.75, 3.05) is 0 Å². The Bertz CT molecular complexity index is 582. The lowest BCUT2D eigenvalue weighted by Gasteiger charge is -2.15. The van der Waals surface area contributed by atoms with Crippen LogP contribution in [-0.4, -0.2) is 16.1 Å². The van der Waals surface area contributed by atoms with Gasteiger partial charge in [0, 0.05) is 11.6 Å². The van der Waals surface area contributed by atoms with Crippen molar-refractivity contribution >= 4 is 6.29 Å². The Hall–Kier alpha value is -1.97. The Balaban J connectivity index is 2.58. The number of rotatable bonds is 2. The van der Waals surface area contributed by atoms with E-state index < -0.39 is 0 Å². The van der Waals surface area contributed by atoms with Crippen LogP contribution in [0.2, 0.25) is 0 Å². The molecule has 4 heteroatoms. The van der Waals surface area contributed by atoms with Crippen LogP contribution in [0.4, 0.5) is 4.39 Å². The van der Waals surface area contributed by atoms with Crippen LogP contribution in [0.3, 0.4) is 0 Å². The van der Waals surface area contributed by atoms with E-state index in [1.165, 1.54) is 10.7 Å². The zero-order valence-electron chi connectivity index (χ0n) is 10.6. The Morgan fingerprint density at radius 2 is 1.94 bits per heavy atom. The number of hydrogen-bond acceptors (Lipinski definition) is 2. The number of nitrogens with zero attached hydrogens (tertiary/aromatic N) is 2. The predicted molar refractivity (Wildman–Crippen MR) is 67.6 cm³/mol. The van der Waals surface area contributed by atoms with Crippen LogP contribution in [0.1, 0.15) is 36.8 Å². The molecule has 18 heavy (non-hydrogen) atoms. The van der Waals surface area contributed by atoms with Crippen LogP contribution in [-0.2, 0) is 5.41 Å². The molecule has 2 rings (SSSR count). The minimum Gasteiger partial charge on any atom is -0.298 e. The van der Waals surface area contributed by atoms with Crippen molar-refractivity contribution in [2.45, 2.75) is 26.2 Å². The number of carbonyl (C=O) groups is 1. The second-order valence-electron chi connectivity index (χ2n) is 5.20. The molecule has 2 aromatic rings. The average molecular weight is 246 g/mol. The highest BCUT2D eigenvalue weighted by Gasteiger charge is 2.22. The zero-order valence-corrected chi connectivity index (χ0v) is 10.6. The maximum atomic E-state index is 13.7. The summed E-state index contributed by atoms with van der Waals surface area (Å²) >= 11 is 0. The van der Waals surface area contributed by atoms with E-state index in [0.29, 0.717) is 16.9 Å². The van der Waals surface area contributed by atoms with E-state index in [-0.39, 0.29) is 11.2 Å². The Kier molecular flexibility index (Phi) is 3.03. The number of para-hydroxylation sites is 1. The number of aromatic nitrogens is 2. The molecular weight excluding hydrogens is 231 g/mol. The fourth-order valence-corrected chi connectivity index (χ4v) is 1.82. The van der Waals surface area contributed by atoms with Gasteiger partial charge >= 0.3 is 0 Å². The zero-order chi connectivity index (χ0) is 13.3. The first-order chi connectivity index (χ1) is 8.43. The van der Waals surface area contributed by atoms with Gasteiger partial charge in [0.15, 0.2) is 6.29 Å². The second kappa shape index (κ2) is 4.37. The molecule has 0 aliphatic heterocycles. The molecule has 0 amide bonds. The van der Waals surface area contributed by atoms with Crippen LogP contribution in [0.15, 0.2) is 30.5 Å². The van der Waals surface area contributed by atoms with Crippen LogP contribution in [0, 0.1) is 5.82 Å². The number of benzene rings is 1. The van der Waals surface area contributed by atoms with Crippen LogP contribution >= 0.6 is 0 Å². The third-order valence-electron chi connectivity index (χ3n) is 2.68. The minimum absolute atomic E-state index is 0.257. The van der Waals surface area contributed by atoms with Crippen molar-refractivity contribution in [1.29, 1.82) is 0 Å². The molecular formula is C14H15FN2O. The number of aldehydes is 1. The largest absolute Gasteiger partial charge is 0.298 e. The molecule has 0 saturated carbocycles. The van der Waals surface area contributed by atoms with Gasteiger partial charge in [-0.15, -0.1) is 0 Å². The van der Waals surface area contributed by atoms with Crippen molar-refractivity contribution in [2.24, 2.45) is 0 Å². The smallest absolute Gasteiger partial charge is 0.153 e. The standard InChI is InChI=1S/C14H15FN2O/c1-14(2,3)13-10(9-18)8-17(16-13)12-7-5-4-6-11(12)15/h4-9H,1-3H3.